The second-order valence-electron chi connectivity index (χ2n) is 6.45. The second kappa shape index (κ2) is 7.33. The highest BCUT2D eigenvalue weighted by atomic mass is 16.6. The standard InChI is InChI=1S/C17H17N5O5/c18-8-9-1-6-12-13(7-9)21-14(15(12)22(26)27)16(23)19-10-2-4-11(5-3-10)20-17(24)25/h1,6-7,10-11,20-21H,2-5H2,(H,19,23)(H,24,25)/t10-,11-. The van der Waals surface area contributed by atoms with Gasteiger partial charge in [-0.3, -0.25) is 14.9 Å². The van der Waals surface area contributed by atoms with Crippen LogP contribution in [0.25, 0.3) is 10.9 Å². The van der Waals surface area contributed by atoms with E-state index < -0.39 is 16.9 Å². The molecular weight excluding hydrogens is 354 g/mol. The first kappa shape index (κ1) is 18.2. The van der Waals surface area contributed by atoms with Crippen LogP contribution in [0.5, 0.6) is 0 Å². The first-order valence-electron chi connectivity index (χ1n) is 8.39. The summed E-state index contributed by atoms with van der Waals surface area (Å²) in [4.78, 5) is 36.9. The van der Waals surface area contributed by atoms with E-state index in [-0.39, 0.29) is 28.9 Å². The van der Waals surface area contributed by atoms with Crippen LogP contribution in [0.4, 0.5) is 10.5 Å². The lowest BCUT2D eigenvalue weighted by Gasteiger charge is -2.28. The van der Waals surface area contributed by atoms with Crippen molar-refractivity contribution in [1.29, 1.82) is 5.26 Å². The zero-order valence-electron chi connectivity index (χ0n) is 14.2. The summed E-state index contributed by atoms with van der Waals surface area (Å²) in [6.45, 7) is 0. The molecule has 0 unspecified atom stereocenters. The molecule has 1 aromatic heterocycles. The number of nitriles is 1. The number of H-pyrrole nitrogens is 1. The van der Waals surface area contributed by atoms with Crippen LogP contribution in [0.1, 0.15) is 41.7 Å². The monoisotopic (exact) mass is 371 g/mol. The van der Waals surface area contributed by atoms with Crippen molar-refractivity contribution < 1.29 is 19.6 Å². The van der Waals surface area contributed by atoms with Crippen molar-refractivity contribution in [1.82, 2.24) is 15.6 Å². The topological polar surface area (TPSA) is 161 Å². The zero-order chi connectivity index (χ0) is 19.6. The van der Waals surface area contributed by atoms with Crippen molar-refractivity contribution in [3.05, 3.63) is 39.6 Å². The van der Waals surface area contributed by atoms with Crippen LogP contribution in [-0.2, 0) is 0 Å². The highest BCUT2D eigenvalue weighted by molar-refractivity contribution is 6.06. The highest BCUT2D eigenvalue weighted by Crippen LogP contribution is 2.31. The van der Waals surface area contributed by atoms with Gasteiger partial charge in [0.15, 0.2) is 5.69 Å². The molecule has 140 valence electrons. The molecule has 1 aromatic carbocycles. The van der Waals surface area contributed by atoms with E-state index in [1.165, 1.54) is 18.2 Å². The molecule has 0 atom stereocenters. The van der Waals surface area contributed by atoms with Gasteiger partial charge in [-0.25, -0.2) is 4.79 Å². The molecule has 2 aromatic rings. The fraction of sp³-hybridized carbons (Fsp3) is 0.353. The lowest BCUT2D eigenvalue weighted by molar-refractivity contribution is -0.383. The SMILES string of the molecule is N#Cc1ccc2c([N+](=O)[O-])c(C(=O)N[C@H]3CC[C@H](NC(=O)O)CC3)[nH]c2c1. The Morgan fingerprint density at radius 1 is 1.22 bits per heavy atom. The van der Waals surface area contributed by atoms with Crippen LogP contribution in [0.3, 0.4) is 0 Å². The number of nitro groups is 1. The molecule has 0 spiro atoms. The predicted octanol–water partition coefficient (Wildman–Crippen LogP) is 2.26. The maximum absolute atomic E-state index is 12.6. The highest BCUT2D eigenvalue weighted by Gasteiger charge is 2.30. The fourth-order valence-corrected chi connectivity index (χ4v) is 3.42. The van der Waals surface area contributed by atoms with Gasteiger partial charge >= 0.3 is 11.8 Å². The van der Waals surface area contributed by atoms with Gasteiger partial charge in [0.2, 0.25) is 0 Å². The number of hydrogen-bond acceptors (Lipinski definition) is 5. The maximum atomic E-state index is 12.6. The molecule has 10 heteroatoms. The Bertz CT molecular complexity index is 953. The number of hydrogen-bond donors (Lipinski definition) is 4. The minimum absolute atomic E-state index is 0.150. The Morgan fingerprint density at radius 3 is 2.41 bits per heavy atom. The molecule has 0 saturated heterocycles. The summed E-state index contributed by atoms with van der Waals surface area (Å²) < 4.78 is 0. The fourth-order valence-electron chi connectivity index (χ4n) is 3.42. The van der Waals surface area contributed by atoms with Crippen molar-refractivity contribution >= 4 is 28.6 Å². The first-order valence-corrected chi connectivity index (χ1v) is 8.39. The van der Waals surface area contributed by atoms with Crippen molar-refractivity contribution in [3.63, 3.8) is 0 Å². The number of amides is 2. The van der Waals surface area contributed by atoms with E-state index in [0.29, 0.717) is 36.8 Å². The molecule has 2 amide bonds. The summed E-state index contributed by atoms with van der Waals surface area (Å²) in [6, 6.07) is 5.98. The van der Waals surface area contributed by atoms with E-state index in [1.807, 2.05) is 6.07 Å². The molecule has 1 aliphatic carbocycles. The number of nitrogens with one attached hydrogen (secondary N) is 3. The Labute approximate surface area is 153 Å². The lowest BCUT2D eigenvalue weighted by Crippen LogP contribution is -2.43. The summed E-state index contributed by atoms with van der Waals surface area (Å²) in [5.41, 5.74) is 0.194. The molecule has 3 rings (SSSR count). The maximum Gasteiger partial charge on any atom is 0.404 e. The summed E-state index contributed by atoms with van der Waals surface area (Å²) in [7, 11) is 0. The third kappa shape index (κ3) is 3.82. The van der Waals surface area contributed by atoms with Gasteiger partial charge in [-0.1, -0.05) is 0 Å². The van der Waals surface area contributed by atoms with E-state index >= 15 is 0 Å². The molecular formula is C17H17N5O5. The molecule has 1 saturated carbocycles. The molecule has 1 fully saturated rings. The van der Waals surface area contributed by atoms with Gasteiger partial charge in [0.25, 0.3) is 5.91 Å². The van der Waals surface area contributed by atoms with E-state index in [1.54, 1.807) is 0 Å². The summed E-state index contributed by atoms with van der Waals surface area (Å²) in [6.07, 6.45) is 1.23. The second-order valence-corrected chi connectivity index (χ2v) is 6.45. The Morgan fingerprint density at radius 2 is 1.85 bits per heavy atom. The van der Waals surface area contributed by atoms with Crippen LogP contribution < -0.4 is 10.6 Å². The van der Waals surface area contributed by atoms with Gasteiger partial charge in [-0.05, 0) is 43.9 Å². The number of aromatic amines is 1. The zero-order valence-corrected chi connectivity index (χ0v) is 14.2. The number of nitrogens with zero attached hydrogens (tertiary/aromatic N) is 2. The van der Waals surface area contributed by atoms with Crippen LogP contribution in [0, 0.1) is 21.4 Å². The summed E-state index contributed by atoms with van der Waals surface area (Å²) in [5, 5.41) is 34.6. The average molecular weight is 371 g/mol. The molecule has 0 radical (unpaired) electrons. The molecule has 27 heavy (non-hydrogen) atoms. The van der Waals surface area contributed by atoms with E-state index in [9.17, 15) is 19.7 Å². The number of rotatable bonds is 4. The predicted molar refractivity (Wildman–Crippen MR) is 94.3 cm³/mol. The van der Waals surface area contributed by atoms with Crippen molar-refractivity contribution in [2.45, 2.75) is 37.8 Å². The van der Waals surface area contributed by atoms with Gasteiger partial charge in [-0.2, -0.15) is 5.26 Å². The Kier molecular flexibility index (Phi) is 4.94. The third-order valence-electron chi connectivity index (χ3n) is 4.70. The molecule has 1 heterocycles. The van der Waals surface area contributed by atoms with E-state index in [2.05, 4.69) is 15.6 Å². The van der Waals surface area contributed by atoms with Crippen LogP contribution >= 0.6 is 0 Å². The Balaban J connectivity index is 1.78. The van der Waals surface area contributed by atoms with E-state index in [0.717, 1.165) is 0 Å². The van der Waals surface area contributed by atoms with Gasteiger partial charge in [-0.15, -0.1) is 0 Å². The van der Waals surface area contributed by atoms with Crippen molar-refractivity contribution in [3.8, 4) is 6.07 Å². The number of aromatic nitrogens is 1. The number of carbonyl (C=O) groups is 2. The summed E-state index contributed by atoms with van der Waals surface area (Å²) >= 11 is 0. The number of carbonyl (C=O) groups excluding carboxylic acids is 1. The molecule has 0 bridgehead atoms. The van der Waals surface area contributed by atoms with Crippen LogP contribution in [-0.4, -0.2) is 39.1 Å². The number of carboxylic acid groups (broad SMARTS) is 1. The molecule has 0 aliphatic heterocycles. The minimum atomic E-state index is -1.08. The van der Waals surface area contributed by atoms with Gasteiger partial charge in [0, 0.05) is 12.1 Å². The number of fused-ring (bicyclic) bond motifs is 1. The quantitative estimate of drug-likeness (QED) is 0.476. The van der Waals surface area contributed by atoms with Crippen LogP contribution in [0.15, 0.2) is 18.2 Å². The van der Waals surface area contributed by atoms with Gasteiger partial charge in [0.1, 0.15) is 0 Å². The van der Waals surface area contributed by atoms with Crippen molar-refractivity contribution in [2.24, 2.45) is 0 Å². The molecule has 1 aliphatic rings. The lowest BCUT2D eigenvalue weighted by atomic mass is 9.91. The molecule has 4 N–H and O–H groups in total. The Hall–Kier alpha value is -3.61. The average Bonchev–Trinajstić information content (AvgIpc) is 3.01. The largest absolute Gasteiger partial charge is 0.465 e. The van der Waals surface area contributed by atoms with Crippen molar-refractivity contribution in [2.75, 3.05) is 0 Å². The normalized spacial score (nSPS) is 19.2. The smallest absolute Gasteiger partial charge is 0.404 e. The summed E-state index contributed by atoms with van der Waals surface area (Å²) in [5.74, 6) is -0.592. The first-order chi connectivity index (χ1) is 12.9. The number of benzene rings is 1. The minimum Gasteiger partial charge on any atom is -0.465 e. The van der Waals surface area contributed by atoms with Gasteiger partial charge in [0.05, 0.1) is 27.5 Å². The molecule has 10 nitrogen and oxygen atoms in total. The van der Waals surface area contributed by atoms with E-state index in [4.69, 9.17) is 10.4 Å². The van der Waals surface area contributed by atoms with Crippen LogP contribution in [0.2, 0.25) is 0 Å². The van der Waals surface area contributed by atoms with Gasteiger partial charge < -0.3 is 20.7 Å². The third-order valence-corrected chi connectivity index (χ3v) is 4.70.